The molecule has 2 amide bonds. The van der Waals surface area contributed by atoms with Crippen molar-refractivity contribution in [1.29, 1.82) is 0 Å². The molecule has 4 N–H and O–H groups in total. The van der Waals surface area contributed by atoms with Gasteiger partial charge in [0, 0.05) is 25.0 Å². The molecule has 3 unspecified atom stereocenters. The maximum absolute atomic E-state index is 13.0. The molecule has 2 bridgehead atoms. The Morgan fingerprint density at radius 3 is 2.59 bits per heavy atom. The van der Waals surface area contributed by atoms with Crippen molar-refractivity contribution in [2.45, 2.75) is 44.3 Å². The molecule has 11 heteroatoms. The number of benzene rings is 1. The van der Waals surface area contributed by atoms with Crippen LogP contribution in [0.3, 0.4) is 0 Å². The molecule has 1 fully saturated rings. The van der Waals surface area contributed by atoms with Gasteiger partial charge in [-0.15, -0.1) is 0 Å². The van der Waals surface area contributed by atoms with Crippen molar-refractivity contribution >= 4 is 17.8 Å². The Labute approximate surface area is 181 Å². The van der Waals surface area contributed by atoms with Gasteiger partial charge in [-0.25, -0.2) is 14.2 Å². The van der Waals surface area contributed by atoms with E-state index in [9.17, 15) is 28.7 Å². The molecule has 2 aliphatic heterocycles. The van der Waals surface area contributed by atoms with E-state index in [1.54, 1.807) is 0 Å². The molecule has 3 atom stereocenters. The average molecular weight is 444 g/mol. The van der Waals surface area contributed by atoms with Crippen LogP contribution in [0.4, 0.5) is 4.39 Å². The number of fused-ring (bicyclic) bond motifs is 2. The molecule has 0 radical (unpaired) electrons. The van der Waals surface area contributed by atoms with E-state index < -0.39 is 52.6 Å². The monoisotopic (exact) mass is 444 g/mol. The van der Waals surface area contributed by atoms with Crippen molar-refractivity contribution in [3.63, 3.8) is 0 Å². The first-order valence-corrected chi connectivity index (χ1v) is 10.1. The Morgan fingerprint density at radius 2 is 1.91 bits per heavy atom. The number of carboxylic acids is 1. The van der Waals surface area contributed by atoms with Gasteiger partial charge in [-0.3, -0.25) is 19.0 Å². The molecule has 168 valence electrons. The van der Waals surface area contributed by atoms with Crippen LogP contribution in [-0.4, -0.2) is 43.6 Å². The number of aromatic nitrogens is 2. The van der Waals surface area contributed by atoms with E-state index >= 15 is 0 Å². The van der Waals surface area contributed by atoms with Crippen LogP contribution in [0.5, 0.6) is 5.75 Å². The molecule has 1 aromatic heterocycles. The van der Waals surface area contributed by atoms with E-state index in [4.69, 9.17) is 5.11 Å². The molecule has 5 rings (SSSR count). The summed E-state index contributed by atoms with van der Waals surface area (Å²) < 4.78 is 14.4. The molecular formula is C21H21FN4O6. The third-order valence-corrected chi connectivity index (χ3v) is 6.00. The highest BCUT2D eigenvalue weighted by molar-refractivity contribution is 6.31. The summed E-state index contributed by atoms with van der Waals surface area (Å²) in [6, 6.07) is 4.91. The van der Waals surface area contributed by atoms with Crippen molar-refractivity contribution < 1.29 is 29.0 Å². The van der Waals surface area contributed by atoms with Gasteiger partial charge >= 0.3 is 11.9 Å². The first kappa shape index (κ1) is 21.5. The van der Waals surface area contributed by atoms with Crippen molar-refractivity contribution in [1.82, 2.24) is 20.2 Å². The van der Waals surface area contributed by atoms with E-state index in [0.717, 1.165) is 6.42 Å². The summed E-state index contributed by atoms with van der Waals surface area (Å²) in [5, 5.41) is 24.3. The Balaban J connectivity index is 1.63. The minimum atomic E-state index is -1.61. The number of nitrogens with one attached hydrogen (secondary N) is 2. The fraction of sp³-hybridized carbons (Fsp3) is 0.381. The summed E-state index contributed by atoms with van der Waals surface area (Å²) in [6.07, 6.45) is 1.74. The zero-order valence-corrected chi connectivity index (χ0v) is 16.9. The molecule has 10 nitrogen and oxygen atoms in total. The highest BCUT2D eigenvalue weighted by Gasteiger charge is 2.40. The normalized spacial score (nSPS) is 21.3. The first-order chi connectivity index (χ1) is 15.2. The summed E-state index contributed by atoms with van der Waals surface area (Å²) in [6.45, 7) is 0.281. The summed E-state index contributed by atoms with van der Waals surface area (Å²) in [5.41, 5.74) is -0.595. The van der Waals surface area contributed by atoms with Gasteiger partial charge in [0.25, 0.3) is 11.5 Å². The fourth-order valence-corrected chi connectivity index (χ4v) is 4.43. The van der Waals surface area contributed by atoms with Crippen molar-refractivity contribution in [2.75, 3.05) is 0 Å². The van der Waals surface area contributed by atoms with Crippen LogP contribution in [0.2, 0.25) is 0 Å². The molecule has 3 aliphatic rings. The lowest BCUT2D eigenvalue weighted by atomic mass is 9.79. The van der Waals surface area contributed by atoms with Crippen molar-refractivity contribution in [3.05, 3.63) is 57.5 Å². The molecule has 1 saturated carbocycles. The predicted octanol–water partition coefficient (Wildman–Crippen LogP) is 0.485. The Bertz CT molecular complexity index is 1150. The smallest absolute Gasteiger partial charge is 0.394 e. The second kappa shape index (κ2) is 8.40. The molecule has 1 aromatic carbocycles. The van der Waals surface area contributed by atoms with Gasteiger partial charge in [0.2, 0.25) is 5.75 Å². The van der Waals surface area contributed by atoms with Gasteiger partial charge in [0.05, 0.1) is 0 Å². The number of rotatable bonds is 4. The number of carboxylic acid groups (broad SMARTS) is 1. The van der Waals surface area contributed by atoms with E-state index in [0.29, 0.717) is 18.4 Å². The quantitative estimate of drug-likeness (QED) is 0.501. The highest BCUT2D eigenvalue weighted by Crippen LogP contribution is 2.39. The molecule has 1 aliphatic carbocycles. The number of carbonyl (C=O) groups is 3. The second-order valence-corrected chi connectivity index (χ2v) is 8.06. The van der Waals surface area contributed by atoms with E-state index in [-0.39, 0.29) is 24.8 Å². The second-order valence-electron chi connectivity index (χ2n) is 8.06. The summed E-state index contributed by atoms with van der Waals surface area (Å²) >= 11 is 0. The van der Waals surface area contributed by atoms with Crippen LogP contribution >= 0.6 is 0 Å². The van der Waals surface area contributed by atoms with Gasteiger partial charge in [-0.2, -0.15) is 0 Å². The lowest BCUT2D eigenvalue weighted by Crippen LogP contribution is -2.45. The largest absolute Gasteiger partial charge is 0.501 e. The SMILES string of the molecule is O=C(O)C(=O)NC1CC2CCC1c1nc(C(=O)NCc3ccc(F)cc3)c(O)c(=O)n1C2. The molecule has 0 saturated heterocycles. The van der Waals surface area contributed by atoms with E-state index in [2.05, 4.69) is 15.6 Å². The van der Waals surface area contributed by atoms with Crippen LogP contribution in [0.1, 0.15) is 47.1 Å². The summed E-state index contributed by atoms with van der Waals surface area (Å²) in [7, 11) is 0. The van der Waals surface area contributed by atoms with Crippen LogP contribution in [-0.2, 0) is 22.7 Å². The Morgan fingerprint density at radius 1 is 1.19 bits per heavy atom. The first-order valence-electron chi connectivity index (χ1n) is 10.1. The highest BCUT2D eigenvalue weighted by atomic mass is 19.1. The predicted molar refractivity (Wildman–Crippen MR) is 107 cm³/mol. The number of carbonyl (C=O) groups excluding carboxylic acids is 2. The van der Waals surface area contributed by atoms with Crippen molar-refractivity contribution in [2.24, 2.45) is 5.92 Å². The third kappa shape index (κ3) is 4.05. The lowest BCUT2D eigenvalue weighted by molar-refractivity contribution is -0.150. The molecule has 3 heterocycles. The zero-order valence-electron chi connectivity index (χ0n) is 16.9. The Kier molecular flexibility index (Phi) is 5.64. The number of halogens is 1. The van der Waals surface area contributed by atoms with Gasteiger partial charge in [0.1, 0.15) is 11.6 Å². The maximum atomic E-state index is 13.0. The molecule has 0 spiro atoms. The standard InChI is InChI=1S/C21H21FN4O6/c22-12-4-1-10(2-5-12)8-23-18(28)15-16(27)20(30)26-9-11-3-6-13(17(26)25-15)14(7-11)24-19(29)21(31)32/h1-2,4-5,11,13-14,27H,3,6-9H2,(H,23,28)(H,24,29)(H,31,32). The number of nitrogens with zero attached hydrogens (tertiary/aromatic N) is 2. The van der Waals surface area contributed by atoms with Crippen LogP contribution in [0, 0.1) is 11.7 Å². The summed E-state index contributed by atoms with van der Waals surface area (Å²) in [5.74, 6) is -4.99. The topological polar surface area (TPSA) is 151 Å². The minimum absolute atomic E-state index is 0.0105. The zero-order chi connectivity index (χ0) is 23.0. The van der Waals surface area contributed by atoms with Gasteiger partial charge < -0.3 is 20.8 Å². The molecule has 32 heavy (non-hydrogen) atoms. The molecular weight excluding hydrogens is 423 g/mol. The van der Waals surface area contributed by atoms with Gasteiger partial charge in [0.15, 0.2) is 5.69 Å². The number of hydrogen-bond acceptors (Lipinski definition) is 6. The lowest BCUT2D eigenvalue weighted by Gasteiger charge is -2.31. The van der Waals surface area contributed by atoms with E-state index in [1.807, 2.05) is 0 Å². The minimum Gasteiger partial charge on any atom is -0.501 e. The third-order valence-electron chi connectivity index (χ3n) is 6.00. The van der Waals surface area contributed by atoms with Gasteiger partial charge in [-0.1, -0.05) is 12.1 Å². The fourth-order valence-electron chi connectivity index (χ4n) is 4.43. The number of hydrogen-bond donors (Lipinski definition) is 4. The number of aromatic hydroxyl groups is 1. The molecule has 2 aromatic rings. The van der Waals surface area contributed by atoms with E-state index in [1.165, 1.54) is 28.8 Å². The number of amides is 2. The van der Waals surface area contributed by atoms with Crippen LogP contribution in [0.15, 0.2) is 29.1 Å². The number of aliphatic carboxylic acids is 1. The Hall–Kier alpha value is -3.76. The van der Waals surface area contributed by atoms with Crippen molar-refractivity contribution in [3.8, 4) is 5.75 Å². The van der Waals surface area contributed by atoms with Crippen LogP contribution < -0.4 is 16.2 Å². The maximum Gasteiger partial charge on any atom is 0.394 e. The summed E-state index contributed by atoms with van der Waals surface area (Å²) in [4.78, 5) is 52.5. The average Bonchev–Trinajstić information content (AvgIpc) is 3.03. The van der Waals surface area contributed by atoms with Gasteiger partial charge in [-0.05, 0) is 42.9 Å². The van der Waals surface area contributed by atoms with Crippen LogP contribution in [0.25, 0.3) is 0 Å².